The number of aliphatic hydroxyl groups is 1. The first kappa shape index (κ1) is 7.59. The van der Waals surface area contributed by atoms with Gasteiger partial charge in [-0.15, -0.1) is 0 Å². The molecule has 0 aliphatic heterocycles. The van der Waals surface area contributed by atoms with Gasteiger partial charge in [0.2, 0.25) is 0 Å². The zero-order chi connectivity index (χ0) is 6.78. The Kier molecular flexibility index (Phi) is 2.12. The molecule has 0 saturated carbocycles. The van der Waals surface area contributed by atoms with Crippen molar-refractivity contribution in [2.45, 2.75) is 19.4 Å². The van der Waals surface area contributed by atoms with Crippen molar-refractivity contribution in [2.75, 3.05) is 6.61 Å². The molecule has 0 amide bonds. The van der Waals surface area contributed by atoms with Gasteiger partial charge < -0.3 is 10.8 Å². The van der Waals surface area contributed by atoms with Crippen molar-refractivity contribution in [1.29, 1.82) is 0 Å². The van der Waals surface area contributed by atoms with Gasteiger partial charge in [0.05, 0.1) is 5.54 Å². The normalized spacial score (nSPS) is 11.5. The second-order valence-corrected chi connectivity index (χ2v) is 2.30. The molecule has 0 aromatic rings. The second kappa shape index (κ2) is 2.24. The van der Waals surface area contributed by atoms with Gasteiger partial charge in [-0.3, -0.25) is 4.79 Å². The van der Waals surface area contributed by atoms with Crippen LogP contribution < -0.4 is 5.73 Å². The fourth-order valence-corrected chi connectivity index (χ4v) is 0.204. The van der Waals surface area contributed by atoms with Crippen LogP contribution in [0.5, 0.6) is 0 Å². The Labute approximate surface area is 48.5 Å². The number of carbonyl (C=O) groups excluding carboxylic acids is 1. The summed E-state index contributed by atoms with van der Waals surface area (Å²) in [6.45, 7) is 2.65. The highest BCUT2D eigenvalue weighted by molar-refractivity contribution is 5.88. The van der Waals surface area contributed by atoms with Crippen molar-refractivity contribution >= 4 is 5.78 Å². The van der Waals surface area contributed by atoms with Gasteiger partial charge in [0.15, 0.2) is 5.78 Å². The van der Waals surface area contributed by atoms with Gasteiger partial charge in [0.1, 0.15) is 6.61 Å². The second-order valence-electron chi connectivity index (χ2n) is 2.30. The highest BCUT2D eigenvalue weighted by Gasteiger charge is 2.19. The number of ketones is 1. The Morgan fingerprint density at radius 2 is 2.12 bits per heavy atom. The molecule has 0 aromatic carbocycles. The Morgan fingerprint density at radius 3 is 2.12 bits per heavy atom. The van der Waals surface area contributed by atoms with E-state index >= 15 is 0 Å². The third kappa shape index (κ3) is 2.04. The van der Waals surface area contributed by atoms with Crippen molar-refractivity contribution in [3.63, 3.8) is 0 Å². The summed E-state index contributed by atoms with van der Waals surface area (Å²) in [6, 6.07) is 0. The summed E-state index contributed by atoms with van der Waals surface area (Å²) in [5.74, 6) is -0.336. The van der Waals surface area contributed by atoms with E-state index in [0.717, 1.165) is 0 Å². The number of aliphatic hydroxyl groups excluding tert-OH is 1. The molecule has 0 radical (unpaired) electrons. The van der Waals surface area contributed by atoms with Gasteiger partial charge in [-0.2, -0.15) is 0 Å². The van der Waals surface area contributed by atoms with Crippen molar-refractivity contribution in [3.05, 3.63) is 0 Å². The molecular formula is C5H11NO2. The van der Waals surface area contributed by atoms with E-state index in [-0.39, 0.29) is 5.78 Å². The van der Waals surface area contributed by atoms with E-state index < -0.39 is 12.1 Å². The summed E-state index contributed by atoms with van der Waals surface area (Å²) < 4.78 is 0. The third-order valence-corrected chi connectivity index (χ3v) is 0.862. The molecule has 0 atom stereocenters. The lowest BCUT2D eigenvalue weighted by atomic mass is 10.0. The number of rotatable bonds is 2. The van der Waals surface area contributed by atoms with Crippen molar-refractivity contribution in [1.82, 2.24) is 0 Å². The van der Waals surface area contributed by atoms with Crippen LogP contribution in [-0.2, 0) is 4.79 Å². The van der Waals surface area contributed by atoms with Gasteiger partial charge >= 0.3 is 0 Å². The average molecular weight is 117 g/mol. The molecule has 0 saturated heterocycles. The predicted molar refractivity (Wildman–Crippen MR) is 30.4 cm³/mol. The maximum atomic E-state index is 10.5. The van der Waals surface area contributed by atoms with Gasteiger partial charge in [0.25, 0.3) is 0 Å². The third-order valence-electron chi connectivity index (χ3n) is 0.862. The molecule has 0 spiro atoms. The van der Waals surface area contributed by atoms with Crippen molar-refractivity contribution in [2.24, 2.45) is 5.73 Å². The van der Waals surface area contributed by atoms with Crippen LogP contribution in [0.25, 0.3) is 0 Å². The molecule has 0 bridgehead atoms. The zero-order valence-corrected chi connectivity index (χ0v) is 5.14. The minimum absolute atomic E-state index is 0.336. The van der Waals surface area contributed by atoms with E-state index in [1.54, 1.807) is 13.8 Å². The first-order valence-electron chi connectivity index (χ1n) is 2.41. The molecule has 0 heterocycles. The van der Waals surface area contributed by atoms with Crippen LogP contribution in [-0.4, -0.2) is 23.0 Å². The molecule has 0 unspecified atom stereocenters. The molecule has 48 valence electrons. The standard InChI is InChI=1S/C5H11NO2/c1-5(2,6)4(8)3-7/h7H,3,6H2,1-2H3. The highest BCUT2D eigenvalue weighted by atomic mass is 16.3. The van der Waals surface area contributed by atoms with Crippen LogP contribution in [0.2, 0.25) is 0 Å². The summed E-state index contributed by atoms with van der Waals surface area (Å²) in [5.41, 5.74) is 4.40. The Balaban J connectivity index is 3.82. The largest absolute Gasteiger partial charge is 0.389 e. The predicted octanol–water partition coefficient (Wildman–Crippen LogP) is -0.715. The smallest absolute Gasteiger partial charge is 0.177 e. The van der Waals surface area contributed by atoms with Crippen LogP contribution in [0.3, 0.4) is 0 Å². The lowest BCUT2D eigenvalue weighted by Crippen LogP contribution is -2.43. The van der Waals surface area contributed by atoms with E-state index in [1.165, 1.54) is 0 Å². The molecule has 3 N–H and O–H groups in total. The molecule has 3 heteroatoms. The van der Waals surface area contributed by atoms with Crippen molar-refractivity contribution in [3.8, 4) is 0 Å². The minimum atomic E-state index is -0.880. The number of nitrogens with two attached hydrogens (primary N) is 1. The minimum Gasteiger partial charge on any atom is -0.389 e. The van der Waals surface area contributed by atoms with E-state index in [9.17, 15) is 4.79 Å². The molecule has 3 nitrogen and oxygen atoms in total. The van der Waals surface area contributed by atoms with Crippen molar-refractivity contribution < 1.29 is 9.90 Å². The molecule has 0 rings (SSSR count). The topological polar surface area (TPSA) is 63.3 Å². The maximum Gasteiger partial charge on any atom is 0.177 e. The van der Waals surface area contributed by atoms with Crippen LogP contribution >= 0.6 is 0 Å². The van der Waals surface area contributed by atoms with E-state index in [0.29, 0.717) is 0 Å². The maximum absolute atomic E-state index is 10.5. The Morgan fingerprint density at radius 1 is 1.75 bits per heavy atom. The van der Waals surface area contributed by atoms with Crippen LogP contribution in [0.15, 0.2) is 0 Å². The Hall–Kier alpha value is -0.410. The lowest BCUT2D eigenvalue weighted by Gasteiger charge is -2.13. The van der Waals surface area contributed by atoms with E-state index in [2.05, 4.69) is 0 Å². The SMILES string of the molecule is CC(C)(N)C(=O)CO. The zero-order valence-electron chi connectivity index (χ0n) is 5.14. The highest BCUT2D eigenvalue weighted by Crippen LogP contribution is 1.95. The van der Waals surface area contributed by atoms with Crippen LogP contribution in [0, 0.1) is 0 Å². The molecule has 0 aromatic heterocycles. The summed E-state index contributed by atoms with van der Waals surface area (Å²) >= 11 is 0. The molecule has 0 aliphatic carbocycles. The molecular weight excluding hydrogens is 106 g/mol. The number of Topliss-reactive ketones (excluding diaryl/α,β-unsaturated/α-hetero) is 1. The quantitative estimate of drug-likeness (QED) is 0.502. The first-order valence-corrected chi connectivity index (χ1v) is 2.41. The van der Waals surface area contributed by atoms with E-state index in [4.69, 9.17) is 10.8 Å². The average Bonchev–Trinajstić information content (AvgIpc) is 1.62. The monoisotopic (exact) mass is 117 g/mol. The first-order chi connectivity index (χ1) is 3.48. The van der Waals surface area contributed by atoms with Gasteiger partial charge in [0, 0.05) is 0 Å². The van der Waals surface area contributed by atoms with Gasteiger partial charge in [-0.1, -0.05) is 0 Å². The number of hydrogen-bond acceptors (Lipinski definition) is 3. The lowest BCUT2D eigenvalue weighted by molar-refractivity contribution is -0.125. The number of carbonyl (C=O) groups is 1. The summed E-state index contributed by atoms with van der Waals surface area (Å²) in [4.78, 5) is 10.5. The van der Waals surface area contributed by atoms with Gasteiger partial charge in [-0.05, 0) is 13.8 Å². The fraction of sp³-hybridized carbons (Fsp3) is 0.800. The molecule has 0 aliphatic rings. The summed E-state index contributed by atoms with van der Waals surface area (Å²) in [6.07, 6.45) is 0. The van der Waals surface area contributed by atoms with Gasteiger partial charge in [-0.25, -0.2) is 0 Å². The molecule has 0 fully saturated rings. The summed E-state index contributed by atoms with van der Waals surface area (Å²) in [5, 5.41) is 8.24. The Bertz CT molecular complexity index is 93.1. The number of hydrogen-bond donors (Lipinski definition) is 2. The van der Waals surface area contributed by atoms with Crippen LogP contribution in [0.4, 0.5) is 0 Å². The summed E-state index contributed by atoms with van der Waals surface area (Å²) in [7, 11) is 0. The van der Waals surface area contributed by atoms with E-state index in [1.807, 2.05) is 0 Å². The molecule has 8 heavy (non-hydrogen) atoms. The fourth-order valence-electron chi connectivity index (χ4n) is 0.204. The van der Waals surface area contributed by atoms with Crippen LogP contribution in [0.1, 0.15) is 13.8 Å².